The third kappa shape index (κ3) is 37.5. The van der Waals surface area contributed by atoms with Gasteiger partial charge in [-0.1, -0.05) is 181 Å². The van der Waals surface area contributed by atoms with E-state index in [0.717, 1.165) is 24.3 Å². The molecule has 0 rings (SSSR count). The monoisotopic (exact) mass is 709 g/mol. The van der Waals surface area contributed by atoms with Gasteiger partial charge in [-0.05, 0) is 25.0 Å². The Labute approximate surface area is 297 Å². The van der Waals surface area contributed by atoms with Crippen LogP contribution >= 0.6 is 19.4 Å². The van der Waals surface area contributed by atoms with Crippen LogP contribution in [-0.2, 0) is 13.8 Å². The van der Waals surface area contributed by atoms with Crippen LogP contribution in [0.15, 0.2) is 0 Å². The van der Waals surface area contributed by atoms with Gasteiger partial charge in [-0.25, -0.2) is 0 Å². The lowest BCUT2D eigenvalue weighted by atomic mass is 10.0. The Balaban J connectivity index is 4.03. The highest BCUT2D eigenvalue weighted by Crippen LogP contribution is 2.43. The van der Waals surface area contributed by atoms with Crippen molar-refractivity contribution in [2.75, 3.05) is 37.5 Å². The third-order valence-corrected chi connectivity index (χ3v) is 11.8. The molecule has 0 saturated heterocycles. The molecule has 284 valence electrons. The number of rotatable bonds is 40. The van der Waals surface area contributed by atoms with Crippen molar-refractivity contribution in [3.63, 3.8) is 0 Å². The maximum atomic E-state index is 12.5. The molecule has 0 radical (unpaired) electrons. The molecule has 3 atom stereocenters. The van der Waals surface area contributed by atoms with Gasteiger partial charge in [-0.3, -0.25) is 4.57 Å². The number of unbranched alkanes of at least 4 members (excludes halogenated alkanes) is 26. The second kappa shape index (κ2) is 37.6. The predicted octanol–water partition coefficient (Wildman–Crippen LogP) is 12.0. The van der Waals surface area contributed by atoms with Crippen LogP contribution < -0.4 is 0 Å². The first-order valence-corrected chi connectivity index (χ1v) is 23.3. The Hall–Kier alpha value is 0.380. The van der Waals surface area contributed by atoms with Crippen LogP contribution in [0.25, 0.3) is 0 Å². The van der Waals surface area contributed by atoms with Gasteiger partial charge in [0.25, 0.3) is 0 Å². The number of hydrogen-bond acceptors (Lipinski definition) is 6. The number of hydrogen-bond donors (Lipinski definition) is 3. The molecule has 8 heteroatoms. The first-order chi connectivity index (χ1) is 22.9. The van der Waals surface area contributed by atoms with Crippen molar-refractivity contribution in [2.45, 2.75) is 212 Å². The summed E-state index contributed by atoms with van der Waals surface area (Å²) in [6.45, 7) is 4.88. The molecule has 0 aliphatic heterocycles. The van der Waals surface area contributed by atoms with Crippen LogP contribution in [0.5, 0.6) is 0 Å². The van der Waals surface area contributed by atoms with Crippen LogP contribution in [-0.4, -0.2) is 64.8 Å². The molecular formula is C39H81O6PS. The summed E-state index contributed by atoms with van der Waals surface area (Å²) in [6.07, 6.45) is 36.3. The van der Waals surface area contributed by atoms with Crippen LogP contribution in [0.2, 0.25) is 0 Å². The van der Waals surface area contributed by atoms with Crippen molar-refractivity contribution >= 4 is 19.4 Å². The minimum absolute atomic E-state index is 0.0444. The quantitative estimate of drug-likeness (QED) is 0.0431. The second-order valence-electron chi connectivity index (χ2n) is 14.0. The van der Waals surface area contributed by atoms with E-state index < -0.39 is 20.3 Å². The normalized spacial score (nSPS) is 14.4. The summed E-state index contributed by atoms with van der Waals surface area (Å²) >= 11 is 1.86. The number of aliphatic hydroxyl groups is 2. The molecule has 6 nitrogen and oxygen atoms in total. The van der Waals surface area contributed by atoms with E-state index in [9.17, 15) is 14.6 Å². The average Bonchev–Trinajstić information content (AvgIpc) is 3.07. The summed E-state index contributed by atoms with van der Waals surface area (Å²) in [5.41, 5.74) is 0. The maximum Gasteiger partial charge on any atom is 0.328 e. The molecule has 0 fully saturated rings. The van der Waals surface area contributed by atoms with E-state index in [1.165, 1.54) is 167 Å². The molecule has 0 aromatic rings. The molecule has 0 amide bonds. The van der Waals surface area contributed by atoms with Gasteiger partial charge in [-0.2, -0.15) is 11.8 Å². The summed E-state index contributed by atoms with van der Waals surface area (Å²) < 4.78 is 24.0. The van der Waals surface area contributed by atoms with Gasteiger partial charge in [0.15, 0.2) is 0 Å². The first kappa shape index (κ1) is 47.4. The van der Waals surface area contributed by atoms with Crippen molar-refractivity contribution < 1.29 is 28.9 Å². The van der Waals surface area contributed by atoms with Crippen LogP contribution in [0.3, 0.4) is 0 Å². The smallest absolute Gasteiger partial charge is 0.328 e. The fourth-order valence-corrected chi connectivity index (χ4v) is 8.15. The Bertz CT molecular complexity index is 655. The van der Waals surface area contributed by atoms with Crippen molar-refractivity contribution in [2.24, 2.45) is 0 Å². The average molecular weight is 709 g/mol. The molecule has 0 aliphatic rings. The van der Waals surface area contributed by atoms with E-state index >= 15 is 0 Å². The summed E-state index contributed by atoms with van der Waals surface area (Å²) in [4.78, 5) is 10.2. The van der Waals surface area contributed by atoms with Crippen LogP contribution in [0.1, 0.15) is 200 Å². The molecule has 0 bridgehead atoms. The van der Waals surface area contributed by atoms with Crippen molar-refractivity contribution in [1.82, 2.24) is 0 Å². The Morgan fingerprint density at radius 2 is 0.979 bits per heavy atom. The van der Waals surface area contributed by atoms with Crippen LogP contribution in [0.4, 0.5) is 0 Å². The first-order valence-electron chi connectivity index (χ1n) is 20.4. The van der Waals surface area contributed by atoms with Gasteiger partial charge in [-0.15, -0.1) is 0 Å². The molecule has 0 aliphatic carbocycles. The molecule has 3 N–H and O–H groups in total. The topological polar surface area (TPSA) is 96.2 Å². The van der Waals surface area contributed by atoms with E-state index in [1.807, 2.05) is 11.8 Å². The Morgan fingerprint density at radius 3 is 1.38 bits per heavy atom. The van der Waals surface area contributed by atoms with E-state index in [4.69, 9.17) is 14.4 Å². The van der Waals surface area contributed by atoms with Crippen molar-refractivity contribution in [1.29, 1.82) is 0 Å². The summed E-state index contributed by atoms with van der Waals surface area (Å²) in [5.74, 6) is 1.84. The summed E-state index contributed by atoms with van der Waals surface area (Å²) in [7, 11) is -3.82. The van der Waals surface area contributed by atoms with E-state index in [1.54, 1.807) is 0 Å². The van der Waals surface area contributed by atoms with Gasteiger partial charge in [0.05, 0.1) is 31.6 Å². The van der Waals surface area contributed by atoms with Crippen molar-refractivity contribution in [3.8, 4) is 0 Å². The lowest BCUT2D eigenvalue weighted by Gasteiger charge is -2.20. The number of thioether (sulfide) groups is 1. The zero-order valence-electron chi connectivity index (χ0n) is 31.3. The molecular weight excluding hydrogens is 627 g/mol. The van der Waals surface area contributed by atoms with E-state index in [0.29, 0.717) is 6.61 Å². The lowest BCUT2D eigenvalue weighted by molar-refractivity contribution is 0.0297. The highest BCUT2D eigenvalue weighted by Gasteiger charge is 2.23. The minimum Gasteiger partial charge on any atom is -0.394 e. The lowest BCUT2D eigenvalue weighted by Crippen LogP contribution is -2.23. The molecule has 0 heterocycles. The fourth-order valence-electron chi connectivity index (χ4n) is 5.97. The molecule has 0 aromatic carbocycles. The molecule has 0 saturated carbocycles. The number of aliphatic hydroxyl groups excluding tert-OH is 2. The zero-order valence-corrected chi connectivity index (χ0v) is 33.0. The van der Waals surface area contributed by atoms with Gasteiger partial charge < -0.3 is 24.4 Å². The third-order valence-electron chi connectivity index (χ3n) is 9.22. The summed E-state index contributed by atoms with van der Waals surface area (Å²) in [5, 5.41) is 18.5. The van der Waals surface area contributed by atoms with Gasteiger partial charge in [0.2, 0.25) is 0 Å². The molecule has 0 aromatic heterocycles. The summed E-state index contributed by atoms with van der Waals surface area (Å²) in [6, 6.07) is 0. The zero-order chi connectivity index (χ0) is 34.5. The van der Waals surface area contributed by atoms with Gasteiger partial charge in [0, 0.05) is 12.4 Å². The second-order valence-corrected chi connectivity index (χ2v) is 17.2. The molecule has 3 unspecified atom stereocenters. The molecule has 47 heavy (non-hydrogen) atoms. The predicted molar refractivity (Wildman–Crippen MR) is 206 cm³/mol. The highest BCUT2D eigenvalue weighted by molar-refractivity contribution is 7.99. The van der Waals surface area contributed by atoms with E-state index in [2.05, 4.69) is 13.8 Å². The van der Waals surface area contributed by atoms with E-state index in [-0.39, 0.29) is 25.3 Å². The molecule has 0 spiro atoms. The Kier molecular flexibility index (Phi) is 37.9. The highest BCUT2D eigenvalue weighted by atomic mass is 32.2. The standard InChI is InChI=1S/C39H81O6PS/c1-3-5-7-9-11-13-15-17-19-21-23-25-27-29-32-44-39(36-45-46(42,43)33-31-38(41)35-40)37-47-34-30-28-26-24-22-20-18-16-14-12-10-8-6-4-2/h38-41H,3-37H2,1-2H3,(H,42,43). The van der Waals surface area contributed by atoms with Gasteiger partial charge >= 0.3 is 7.60 Å². The maximum absolute atomic E-state index is 12.5. The number of ether oxygens (including phenoxy) is 1. The minimum atomic E-state index is -3.82. The fraction of sp³-hybridized carbons (Fsp3) is 1.00. The SMILES string of the molecule is CCCCCCCCCCCCCCCCOC(COP(=O)(O)CCC(O)CO)CSCCCCCCCCCCCCCCCC. The Morgan fingerprint density at radius 1 is 0.596 bits per heavy atom. The van der Waals surface area contributed by atoms with Crippen molar-refractivity contribution in [3.05, 3.63) is 0 Å². The van der Waals surface area contributed by atoms with Gasteiger partial charge in [0.1, 0.15) is 0 Å². The largest absolute Gasteiger partial charge is 0.394 e. The van der Waals surface area contributed by atoms with Crippen LogP contribution in [0, 0.1) is 0 Å².